The van der Waals surface area contributed by atoms with Gasteiger partial charge < -0.3 is 15.0 Å². The van der Waals surface area contributed by atoms with Crippen LogP contribution in [0.5, 0.6) is 5.75 Å². The average molecular weight is 494 g/mol. The highest BCUT2D eigenvalue weighted by Crippen LogP contribution is 2.26. The second-order valence-corrected chi connectivity index (χ2v) is 9.39. The first-order valence-corrected chi connectivity index (χ1v) is 11.9. The lowest BCUT2D eigenvalue weighted by Gasteiger charge is -2.17. The highest BCUT2D eigenvalue weighted by atomic mass is 32.2. The second-order valence-electron chi connectivity index (χ2n) is 7.71. The lowest BCUT2D eigenvalue weighted by atomic mass is 10.3. The van der Waals surface area contributed by atoms with Gasteiger partial charge in [0.1, 0.15) is 11.6 Å². The van der Waals surface area contributed by atoms with Crippen LogP contribution in [0.3, 0.4) is 0 Å². The zero-order chi connectivity index (χ0) is 24.3. The first-order chi connectivity index (χ1) is 16.1. The number of nitrogens with one attached hydrogen (secondary N) is 2. The SMILES string of the molecule is Cc1cc(N2CCCC2)nc(Nc2ccc(NS(=O)(=O)c3ccc(OC(F)(F)F)cc3)cc2)n1. The Morgan fingerprint density at radius 3 is 2.18 bits per heavy atom. The number of sulfonamides is 1. The fraction of sp³-hybridized carbons (Fsp3) is 0.273. The largest absolute Gasteiger partial charge is 0.573 e. The Hall–Kier alpha value is -3.54. The van der Waals surface area contributed by atoms with Crippen LogP contribution < -0.4 is 19.7 Å². The van der Waals surface area contributed by atoms with E-state index in [1.807, 2.05) is 13.0 Å². The van der Waals surface area contributed by atoms with Crippen molar-refractivity contribution in [2.45, 2.75) is 31.0 Å². The van der Waals surface area contributed by atoms with Crippen molar-refractivity contribution in [3.05, 3.63) is 60.3 Å². The van der Waals surface area contributed by atoms with Crippen molar-refractivity contribution < 1.29 is 26.3 Å². The van der Waals surface area contributed by atoms with Crippen LogP contribution in [0.4, 0.5) is 36.3 Å². The van der Waals surface area contributed by atoms with Gasteiger partial charge in [-0.1, -0.05) is 0 Å². The van der Waals surface area contributed by atoms with E-state index in [0.717, 1.165) is 61.7 Å². The fourth-order valence-electron chi connectivity index (χ4n) is 3.50. The van der Waals surface area contributed by atoms with Gasteiger partial charge >= 0.3 is 6.36 Å². The molecule has 0 amide bonds. The Morgan fingerprint density at radius 1 is 0.941 bits per heavy atom. The molecule has 0 aliphatic carbocycles. The molecule has 0 unspecified atom stereocenters. The summed E-state index contributed by atoms with van der Waals surface area (Å²) in [5.74, 6) is 0.799. The summed E-state index contributed by atoms with van der Waals surface area (Å²) >= 11 is 0. The lowest BCUT2D eigenvalue weighted by Crippen LogP contribution is -2.19. The molecule has 2 N–H and O–H groups in total. The molecule has 0 spiro atoms. The van der Waals surface area contributed by atoms with Gasteiger partial charge in [0.2, 0.25) is 5.95 Å². The van der Waals surface area contributed by atoms with Crippen LogP contribution >= 0.6 is 0 Å². The first-order valence-electron chi connectivity index (χ1n) is 10.4. The zero-order valence-corrected chi connectivity index (χ0v) is 18.9. The second kappa shape index (κ2) is 9.37. The Bertz CT molecular complexity index is 1240. The van der Waals surface area contributed by atoms with Crippen LogP contribution in [-0.4, -0.2) is 37.8 Å². The van der Waals surface area contributed by atoms with E-state index < -0.39 is 22.1 Å². The number of benzene rings is 2. The van der Waals surface area contributed by atoms with Crippen molar-refractivity contribution in [1.29, 1.82) is 0 Å². The molecule has 12 heteroatoms. The van der Waals surface area contributed by atoms with Gasteiger partial charge in [0, 0.05) is 36.2 Å². The van der Waals surface area contributed by atoms with Crippen molar-refractivity contribution >= 4 is 33.2 Å². The molecule has 34 heavy (non-hydrogen) atoms. The number of hydrogen-bond acceptors (Lipinski definition) is 7. The first kappa shape index (κ1) is 23.6. The third-order valence-electron chi connectivity index (χ3n) is 5.03. The number of rotatable bonds is 7. The average Bonchev–Trinajstić information content (AvgIpc) is 3.29. The predicted octanol–water partition coefficient (Wildman–Crippen LogP) is 4.83. The van der Waals surface area contributed by atoms with Crippen molar-refractivity contribution in [2.75, 3.05) is 28.0 Å². The van der Waals surface area contributed by atoms with E-state index in [-0.39, 0.29) is 10.6 Å². The zero-order valence-electron chi connectivity index (χ0n) is 18.1. The van der Waals surface area contributed by atoms with Crippen LogP contribution in [0.1, 0.15) is 18.5 Å². The van der Waals surface area contributed by atoms with Gasteiger partial charge in [-0.05, 0) is 68.3 Å². The monoisotopic (exact) mass is 493 g/mol. The van der Waals surface area contributed by atoms with E-state index in [4.69, 9.17) is 0 Å². The molecule has 1 aliphatic rings. The molecular weight excluding hydrogens is 471 g/mol. The Balaban J connectivity index is 1.43. The van der Waals surface area contributed by atoms with Gasteiger partial charge in [-0.3, -0.25) is 4.72 Å². The molecule has 8 nitrogen and oxygen atoms in total. The molecule has 0 radical (unpaired) electrons. The van der Waals surface area contributed by atoms with Gasteiger partial charge in [0.05, 0.1) is 4.90 Å². The molecule has 0 atom stereocenters. The fourth-order valence-corrected chi connectivity index (χ4v) is 4.56. The van der Waals surface area contributed by atoms with E-state index >= 15 is 0 Å². The minimum atomic E-state index is -4.85. The number of halogens is 3. The minimum absolute atomic E-state index is 0.202. The number of ether oxygens (including phenoxy) is 1. The molecular formula is C22H22F3N5O3S. The van der Waals surface area contributed by atoms with Crippen LogP contribution in [0.25, 0.3) is 0 Å². The summed E-state index contributed by atoms with van der Waals surface area (Å²) in [6.45, 7) is 3.82. The summed E-state index contributed by atoms with van der Waals surface area (Å²) in [7, 11) is -4.00. The van der Waals surface area contributed by atoms with Gasteiger partial charge in [0.25, 0.3) is 10.0 Å². The summed E-state index contributed by atoms with van der Waals surface area (Å²) < 4.78 is 68.1. The van der Waals surface area contributed by atoms with Crippen molar-refractivity contribution in [3.63, 3.8) is 0 Å². The summed E-state index contributed by atoms with van der Waals surface area (Å²) in [4.78, 5) is 11.0. The molecule has 3 aromatic rings. The van der Waals surface area contributed by atoms with Gasteiger partial charge in [-0.15, -0.1) is 13.2 Å². The number of anilines is 4. The molecule has 1 aliphatic heterocycles. The van der Waals surface area contributed by atoms with E-state index in [1.54, 1.807) is 24.3 Å². The Kier molecular flexibility index (Phi) is 6.51. The summed E-state index contributed by atoms with van der Waals surface area (Å²) in [6.07, 6.45) is -2.59. The molecule has 0 bridgehead atoms. The molecule has 0 saturated carbocycles. The van der Waals surface area contributed by atoms with Crippen molar-refractivity contribution in [3.8, 4) is 5.75 Å². The lowest BCUT2D eigenvalue weighted by molar-refractivity contribution is -0.274. The third kappa shape index (κ3) is 6.07. The Morgan fingerprint density at radius 2 is 1.56 bits per heavy atom. The van der Waals surface area contributed by atoms with Gasteiger partial charge in [-0.2, -0.15) is 4.98 Å². The smallest absolute Gasteiger partial charge is 0.406 e. The summed E-state index contributed by atoms with van der Waals surface area (Å²) in [5, 5.41) is 3.12. The maximum atomic E-state index is 12.6. The van der Waals surface area contributed by atoms with Gasteiger partial charge in [0.15, 0.2) is 0 Å². The predicted molar refractivity (Wildman–Crippen MR) is 122 cm³/mol. The molecule has 1 saturated heterocycles. The summed E-state index contributed by atoms with van der Waals surface area (Å²) in [6, 6.07) is 12.3. The molecule has 1 fully saturated rings. The maximum absolute atomic E-state index is 12.6. The third-order valence-corrected chi connectivity index (χ3v) is 6.43. The topological polar surface area (TPSA) is 96.5 Å². The number of hydrogen-bond donors (Lipinski definition) is 2. The normalized spacial score (nSPS) is 14.2. The Labute approximate surface area is 194 Å². The highest BCUT2D eigenvalue weighted by molar-refractivity contribution is 7.92. The van der Waals surface area contributed by atoms with Crippen LogP contribution in [-0.2, 0) is 10.0 Å². The number of alkyl halides is 3. The standard InChI is InChI=1S/C22H22F3N5O3S/c1-15-14-20(30-12-2-3-13-30)28-21(26-15)27-16-4-6-17(7-5-16)29-34(31,32)19-10-8-18(9-11-19)33-22(23,24)25/h4-11,14,29H,2-3,12-13H2,1H3,(H,26,27,28). The van der Waals surface area contributed by atoms with Gasteiger partial charge in [-0.25, -0.2) is 13.4 Å². The maximum Gasteiger partial charge on any atom is 0.573 e. The minimum Gasteiger partial charge on any atom is -0.406 e. The van der Waals surface area contributed by atoms with Crippen LogP contribution in [0, 0.1) is 6.92 Å². The van der Waals surface area contributed by atoms with E-state index in [1.165, 1.54) is 0 Å². The molecule has 4 rings (SSSR count). The number of aromatic nitrogens is 2. The van der Waals surface area contributed by atoms with Crippen LogP contribution in [0.2, 0.25) is 0 Å². The summed E-state index contributed by atoms with van der Waals surface area (Å²) in [5.41, 5.74) is 1.77. The molecule has 180 valence electrons. The molecule has 1 aromatic heterocycles. The van der Waals surface area contributed by atoms with E-state index in [0.29, 0.717) is 11.6 Å². The van der Waals surface area contributed by atoms with Crippen molar-refractivity contribution in [2.24, 2.45) is 0 Å². The van der Waals surface area contributed by atoms with Crippen LogP contribution in [0.15, 0.2) is 59.5 Å². The highest BCUT2D eigenvalue weighted by Gasteiger charge is 2.31. The molecule has 2 aromatic carbocycles. The van der Waals surface area contributed by atoms with Crippen molar-refractivity contribution in [1.82, 2.24) is 9.97 Å². The van der Waals surface area contributed by atoms with E-state index in [2.05, 4.69) is 29.6 Å². The number of nitrogens with zero attached hydrogens (tertiary/aromatic N) is 3. The molecule has 2 heterocycles. The van der Waals surface area contributed by atoms with E-state index in [9.17, 15) is 21.6 Å². The number of aryl methyl sites for hydroxylation is 1. The quantitative estimate of drug-likeness (QED) is 0.487.